The van der Waals surface area contributed by atoms with Crippen molar-refractivity contribution in [3.8, 4) is 0 Å². The van der Waals surface area contributed by atoms with Gasteiger partial charge in [-0.3, -0.25) is 15.0 Å². The Labute approximate surface area is 126 Å². The van der Waals surface area contributed by atoms with Crippen molar-refractivity contribution < 1.29 is 4.92 Å². The Morgan fingerprint density at radius 3 is 2.90 bits per heavy atom. The zero-order valence-corrected chi connectivity index (χ0v) is 12.9. The van der Waals surface area contributed by atoms with Crippen molar-refractivity contribution in [2.75, 3.05) is 19.6 Å². The van der Waals surface area contributed by atoms with E-state index < -0.39 is 0 Å². The van der Waals surface area contributed by atoms with Crippen LogP contribution < -0.4 is 5.32 Å². The third kappa shape index (κ3) is 5.10. The van der Waals surface area contributed by atoms with Crippen molar-refractivity contribution in [3.63, 3.8) is 0 Å². The third-order valence-corrected chi connectivity index (χ3v) is 3.79. The minimum atomic E-state index is -0.325. The summed E-state index contributed by atoms with van der Waals surface area (Å²) >= 11 is 0. The average Bonchev–Trinajstić information content (AvgIpc) is 2.91. The van der Waals surface area contributed by atoms with E-state index in [2.05, 4.69) is 24.1 Å². The number of nitrogens with zero attached hydrogens (tertiary/aromatic N) is 2. The Hall–Kier alpha value is -1.46. The summed E-state index contributed by atoms with van der Waals surface area (Å²) in [6, 6.07) is 7.55. The predicted molar refractivity (Wildman–Crippen MR) is 84.2 cm³/mol. The van der Waals surface area contributed by atoms with Gasteiger partial charge >= 0.3 is 0 Å². The molecule has 21 heavy (non-hydrogen) atoms. The highest BCUT2D eigenvalue weighted by atomic mass is 16.6. The van der Waals surface area contributed by atoms with Crippen molar-refractivity contribution in [1.29, 1.82) is 0 Å². The molecule has 1 fully saturated rings. The van der Waals surface area contributed by atoms with Gasteiger partial charge in [-0.15, -0.1) is 0 Å². The molecule has 1 aromatic carbocycles. The molecule has 1 N–H and O–H groups in total. The SMILES string of the molecule is CC(C)CN(Cc1cccc([N+](=O)[O-])c1)CC1CCCN1. The lowest BCUT2D eigenvalue weighted by Crippen LogP contribution is -2.38. The first-order chi connectivity index (χ1) is 10.0. The van der Waals surface area contributed by atoms with Gasteiger partial charge in [0.05, 0.1) is 4.92 Å². The molecule has 0 radical (unpaired) electrons. The highest BCUT2D eigenvalue weighted by molar-refractivity contribution is 5.34. The standard InChI is InChI=1S/C16H25N3O2/c1-13(2)10-18(12-15-6-4-8-17-15)11-14-5-3-7-16(9-14)19(20)21/h3,5,7,9,13,15,17H,4,6,8,10-12H2,1-2H3. The van der Waals surface area contributed by atoms with Crippen LogP contribution in [0.1, 0.15) is 32.3 Å². The molecule has 1 aliphatic heterocycles. The van der Waals surface area contributed by atoms with Gasteiger partial charge in [0, 0.05) is 37.8 Å². The number of hydrogen-bond acceptors (Lipinski definition) is 4. The predicted octanol–water partition coefficient (Wildman–Crippen LogP) is 2.80. The van der Waals surface area contributed by atoms with E-state index in [1.807, 2.05) is 6.07 Å². The second-order valence-electron chi connectivity index (χ2n) is 6.31. The fraction of sp³-hybridized carbons (Fsp3) is 0.625. The molecule has 1 atom stereocenters. The largest absolute Gasteiger partial charge is 0.313 e. The zero-order chi connectivity index (χ0) is 15.2. The van der Waals surface area contributed by atoms with E-state index in [9.17, 15) is 10.1 Å². The van der Waals surface area contributed by atoms with Crippen LogP contribution in [0, 0.1) is 16.0 Å². The van der Waals surface area contributed by atoms with Crippen LogP contribution in [0.3, 0.4) is 0 Å². The Morgan fingerprint density at radius 2 is 2.29 bits per heavy atom. The van der Waals surface area contributed by atoms with Crippen LogP contribution in [0.2, 0.25) is 0 Å². The maximum Gasteiger partial charge on any atom is 0.269 e. The van der Waals surface area contributed by atoms with Crippen LogP contribution in [0.15, 0.2) is 24.3 Å². The first-order valence-corrected chi connectivity index (χ1v) is 7.73. The van der Waals surface area contributed by atoms with E-state index >= 15 is 0 Å². The van der Waals surface area contributed by atoms with Crippen LogP contribution in [-0.2, 0) is 6.54 Å². The molecule has 1 aromatic rings. The first-order valence-electron chi connectivity index (χ1n) is 7.73. The summed E-state index contributed by atoms with van der Waals surface area (Å²) in [6.07, 6.45) is 2.47. The topological polar surface area (TPSA) is 58.4 Å². The summed E-state index contributed by atoms with van der Waals surface area (Å²) in [5.74, 6) is 0.588. The number of benzene rings is 1. The van der Waals surface area contributed by atoms with E-state index in [-0.39, 0.29) is 10.6 Å². The van der Waals surface area contributed by atoms with Crippen molar-refractivity contribution >= 4 is 5.69 Å². The maximum atomic E-state index is 10.9. The van der Waals surface area contributed by atoms with Gasteiger partial charge in [0.15, 0.2) is 0 Å². The Balaban J connectivity index is 2.02. The van der Waals surface area contributed by atoms with E-state index in [1.54, 1.807) is 18.2 Å². The molecule has 0 bridgehead atoms. The smallest absolute Gasteiger partial charge is 0.269 e. The molecule has 0 aliphatic carbocycles. The van der Waals surface area contributed by atoms with Gasteiger partial charge in [-0.2, -0.15) is 0 Å². The third-order valence-electron chi connectivity index (χ3n) is 3.79. The summed E-state index contributed by atoms with van der Waals surface area (Å²) in [6.45, 7) is 8.34. The Morgan fingerprint density at radius 1 is 1.48 bits per heavy atom. The second-order valence-corrected chi connectivity index (χ2v) is 6.31. The number of rotatable bonds is 7. The average molecular weight is 291 g/mol. The molecule has 1 saturated heterocycles. The Bertz CT molecular complexity index is 470. The van der Waals surface area contributed by atoms with Crippen LogP contribution in [0.5, 0.6) is 0 Å². The van der Waals surface area contributed by atoms with E-state index in [1.165, 1.54) is 12.8 Å². The molecule has 2 rings (SSSR count). The summed E-state index contributed by atoms with van der Waals surface area (Å²) in [5, 5.41) is 14.4. The molecule has 1 aliphatic rings. The van der Waals surface area contributed by atoms with Gasteiger partial charge in [-0.1, -0.05) is 26.0 Å². The number of nitro benzene ring substituents is 1. The fourth-order valence-electron chi connectivity index (χ4n) is 2.97. The maximum absolute atomic E-state index is 10.9. The normalized spacial score (nSPS) is 18.6. The molecule has 1 heterocycles. The summed E-state index contributed by atoms with van der Waals surface area (Å²) < 4.78 is 0. The number of hydrogen-bond donors (Lipinski definition) is 1. The lowest BCUT2D eigenvalue weighted by Gasteiger charge is -2.27. The molecule has 0 amide bonds. The molecular weight excluding hydrogens is 266 g/mol. The number of non-ortho nitro benzene ring substituents is 1. The van der Waals surface area contributed by atoms with Gasteiger partial charge in [0.2, 0.25) is 0 Å². The Kier molecular flexibility index (Phi) is 5.70. The van der Waals surface area contributed by atoms with Crippen molar-refractivity contribution in [3.05, 3.63) is 39.9 Å². The van der Waals surface area contributed by atoms with Crippen molar-refractivity contribution in [2.45, 2.75) is 39.3 Å². The van der Waals surface area contributed by atoms with E-state index in [0.717, 1.165) is 31.7 Å². The van der Waals surface area contributed by atoms with Crippen molar-refractivity contribution in [2.24, 2.45) is 5.92 Å². The van der Waals surface area contributed by atoms with Crippen LogP contribution in [-0.4, -0.2) is 35.5 Å². The first kappa shape index (κ1) is 15.9. The van der Waals surface area contributed by atoms with Gasteiger partial charge in [-0.05, 0) is 30.9 Å². The minimum Gasteiger partial charge on any atom is -0.313 e. The highest BCUT2D eigenvalue weighted by Crippen LogP contribution is 2.17. The van der Waals surface area contributed by atoms with Crippen LogP contribution in [0.25, 0.3) is 0 Å². The molecule has 0 spiro atoms. The van der Waals surface area contributed by atoms with E-state index in [0.29, 0.717) is 12.0 Å². The van der Waals surface area contributed by atoms with E-state index in [4.69, 9.17) is 0 Å². The van der Waals surface area contributed by atoms with Gasteiger partial charge < -0.3 is 5.32 Å². The summed E-state index contributed by atoms with van der Waals surface area (Å²) in [5.41, 5.74) is 1.19. The van der Waals surface area contributed by atoms with Crippen LogP contribution in [0.4, 0.5) is 5.69 Å². The summed E-state index contributed by atoms with van der Waals surface area (Å²) in [7, 11) is 0. The highest BCUT2D eigenvalue weighted by Gasteiger charge is 2.19. The van der Waals surface area contributed by atoms with Crippen LogP contribution >= 0.6 is 0 Å². The molecule has 5 nitrogen and oxygen atoms in total. The molecule has 5 heteroatoms. The fourth-order valence-corrected chi connectivity index (χ4v) is 2.97. The summed E-state index contributed by atoms with van der Waals surface area (Å²) in [4.78, 5) is 13.0. The molecular formula is C16H25N3O2. The molecule has 0 aromatic heterocycles. The second kappa shape index (κ2) is 7.52. The van der Waals surface area contributed by atoms with Gasteiger partial charge in [-0.25, -0.2) is 0 Å². The monoisotopic (exact) mass is 291 g/mol. The minimum absolute atomic E-state index is 0.177. The molecule has 0 saturated carbocycles. The lowest BCUT2D eigenvalue weighted by molar-refractivity contribution is -0.384. The molecule has 116 valence electrons. The number of nitrogens with one attached hydrogen (secondary N) is 1. The zero-order valence-electron chi connectivity index (χ0n) is 12.9. The van der Waals surface area contributed by atoms with Gasteiger partial charge in [0.1, 0.15) is 0 Å². The quantitative estimate of drug-likeness (QED) is 0.620. The number of nitro groups is 1. The molecule has 1 unspecified atom stereocenters. The van der Waals surface area contributed by atoms with Crippen molar-refractivity contribution in [1.82, 2.24) is 10.2 Å². The lowest BCUT2D eigenvalue weighted by atomic mass is 10.1. The van der Waals surface area contributed by atoms with Gasteiger partial charge in [0.25, 0.3) is 5.69 Å².